The molecule has 0 radical (unpaired) electrons. The number of carbonyl (C=O) groups excluding carboxylic acids is 1. The number of benzene rings is 1. The fraction of sp³-hybridized carbons (Fsp3) is 0.462. The zero-order chi connectivity index (χ0) is 13.9. The van der Waals surface area contributed by atoms with Crippen molar-refractivity contribution in [2.75, 3.05) is 6.26 Å². The van der Waals surface area contributed by atoms with Gasteiger partial charge in [0.05, 0.1) is 6.26 Å². The highest BCUT2D eigenvalue weighted by Gasteiger charge is 2.28. The smallest absolute Gasteiger partial charge is 0.265 e. The molecule has 1 aromatic rings. The van der Waals surface area contributed by atoms with E-state index < -0.39 is 16.2 Å². The van der Waals surface area contributed by atoms with E-state index in [1.165, 1.54) is 0 Å². The highest BCUT2D eigenvalue weighted by Crippen LogP contribution is 2.18. The molecule has 0 amide bonds. The van der Waals surface area contributed by atoms with Crippen LogP contribution in [0.5, 0.6) is 0 Å². The summed E-state index contributed by atoms with van der Waals surface area (Å²) >= 11 is 0. The second kappa shape index (κ2) is 5.63. The Bertz CT molecular complexity index is 532. The molecule has 0 saturated heterocycles. The van der Waals surface area contributed by atoms with E-state index in [0.29, 0.717) is 5.56 Å². The topological polar surface area (TPSA) is 60.4 Å². The third kappa shape index (κ3) is 3.92. The first-order valence-electron chi connectivity index (χ1n) is 5.70. The molecule has 1 atom stereocenters. The largest absolute Gasteiger partial charge is 0.291 e. The van der Waals surface area contributed by atoms with Crippen LogP contribution in [0.1, 0.15) is 29.8 Å². The van der Waals surface area contributed by atoms with E-state index in [-0.39, 0.29) is 11.7 Å². The molecule has 1 rings (SSSR count). The Kier molecular flexibility index (Phi) is 4.65. The zero-order valence-electron chi connectivity index (χ0n) is 11.0. The number of carbonyl (C=O) groups is 1. The highest BCUT2D eigenvalue weighted by molar-refractivity contribution is 7.86. The van der Waals surface area contributed by atoms with E-state index in [0.717, 1.165) is 11.8 Å². The molecule has 100 valence electrons. The van der Waals surface area contributed by atoms with Crippen molar-refractivity contribution in [2.45, 2.75) is 26.9 Å². The SMILES string of the molecule is Cc1ccccc1C(=O)C(OS(C)(=O)=O)C(C)C. The average Bonchev–Trinajstić information content (AvgIpc) is 2.24. The molecular formula is C13H18O4S. The maximum Gasteiger partial charge on any atom is 0.265 e. The van der Waals surface area contributed by atoms with Crippen molar-refractivity contribution >= 4 is 15.9 Å². The molecule has 1 aromatic carbocycles. The Hall–Kier alpha value is -1.20. The summed E-state index contributed by atoms with van der Waals surface area (Å²) in [6, 6.07) is 7.07. The van der Waals surface area contributed by atoms with E-state index >= 15 is 0 Å². The predicted molar refractivity (Wildman–Crippen MR) is 70.1 cm³/mol. The third-order valence-electron chi connectivity index (χ3n) is 2.55. The summed E-state index contributed by atoms with van der Waals surface area (Å²) in [5, 5.41) is 0. The monoisotopic (exact) mass is 270 g/mol. The van der Waals surface area contributed by atoms with Crippen LogP contribution in [0.2, 0.25) is 0 Å². The fourth-order valence-electron chi connectivity index (χ4n) is 1.65. The lowest BCUT2D eigenvalue weighted by Crippen LogP contribution is -2.32. The number of hydrogen-bond donors (Lipinski definition) is 0. The molecule has 5 heteroatoms. The number of hydrogen-bond acceptors (Lipinski definition) is 4. The van der Waals surface area contributed by atoms with Crippen molar-refractivity contribution in [3.63, 3.8) is 0 Å². The molecule has 0 aliphatic heterocycles. The van der Waals surface area contributed by atoms with Gasteiger partial charge in [0.1, 0.15) is 6.10 Å². The zero-order valence-corrected chi connectivity index (χ0v) is 11.8. The van der Waals surface area contributed by atoms with E-state index in [1.807, 2.05) is 19.1 Å². The number of rotatable bonds is 5. The van der Waals surface area contributed by atoms with Crippen LogP contribution in [-0.4, -0.2) is 26.6 Å². The molecule has 0 bridgehead atoms. The first kappa shape index (κ1) is 14.9. The summed E-state index contributed by atoms with van der Waals surface area (Å²) in [4.78, 5) is 12.3. The van der Waals surface area contributed by atoms with Gasteiger partial charge in [-0.25, -0.2) is 0 Å². The lowest BCUT2D eigenvalue weighted by atomic mass is 9.95. The second-order valence-corrected chi connectivity index (χ2v) is 6.24. The first-order valence-corrected chi connectivity index (χ1v) is 7.52. The Balaban J connectivity index is 3.09. The van der Waals surface area contributed by atoms with Crippen LogP contribution >= 0.6 is 0 Å². The Morgan fingerprint density at radius 3 is 2.22 bits per heavy atom. The van der Waals surface area contributed by atoms with Crippen molar-refractivity contribution in [2.24, 2.45) is 5.92 Å². The van der Waals surface area contributed by atoms with Gasteiger partial charge in [0.25, 0.3) is 10.1 Å². The molecule has 1 unspecified atom stereocenters. The van der Waals surface area contributed by atoms with Crippen LogP contribution in [0.15, 0.2) is 24.3 Å². The maximum atomic E-state index is 12.3. The lowest BCUT2D eigenvalue weighted by molar-refractivity contribution is 0.0726. The number of aryl methyl sites for hydroxylation is 1. The van der Waals surface area contributed by atoms with Gasteiger partial charge in [-0.2, -0.15) is 8.42 Å². The van der Waals surface area contributed by atoms with Gasteiger partial charge < -0.3 is 0 Å². The van der Waals surface area contributed by atoms with Crippen molar-refractivity contribution in [3.05, 3.63) is 35.4 Å². The summed E-state index contributed by atoms with van der Waals surface area (Å²) in [5.41, 5.74) is 1.31. The molecule has 0 aromatic heterocycles. The maximum absolute atomic E-state index is 12.3. The normalized spacial score (nSPS) is 13.6. The van der Waals surface area contributed by atoms with Gasteiger partial charge in [0, 0.05) is 5.56 Å². The van der Waals surface area contributed by atoms with Crippen molar-refractivity contribution in [1.29, 1.82) is 0 Å². The Labute approximate surface area is 108 Å². The first-order chi connectivity index (χ1) is 8.22. The van der Waals surface area contributed by atoms with Crippen LogP contribution in [0.3, 0.4) is 0 Å². The summed E-state index contributed by atoms with van der Waals surface area (Å²) in [6.07, 6.45) is -0.0193. The quantitative estimate of drug-likeness (QED) is 0.608. The summed E-state index contributed by atoms with van der Waals surface area (Å²) in [7, 11) is -3.66. The average molecular weight is 270 g/mol. The molecular weight excluding hydrogens is 252 g/mol. The lowest BCUT2D eigenvalue weighted by Gasteiger charge is -2.19. The van der Waals surface area contributed by atoms with Crippen LogP contribution in [0, 0.1) is 12.8 Å². The molecule has 18 heavy (non-hydrogen) atoms. The molecule has 0 fully saturated rings. The Morgan fingerprint density at radius 2 is 1.78 bits per heavy atom. The third-order valence-corrected chi connectivity index (χ3v) is 3.11. The minimum Gasteiger partial charge on any atom is -0.291 e. The van der Waals surface area contributed by atoms with Gasteiger partial charge in [0.2, 0.25) is 0 Å². The van der Waals surface area contributed by atoms with Crippen molar-refractivity contribution in [3.8, 4) is 0 Å². The van der Waals surface area contributed by atoms with E-state index in [9.17, 15) is 13.2 Å². The number of Topliss-reactive ketones (excluding diaryl/α,β-unsaturated/α-hetero) is 1. The predicted octanol–water partition coefficient (Wildman–Crippen LogP) is 2.18. The fourth-order valence-corrected chi connectivity index (χ4v) is 2.33. The van der Waals surface area contributed by atoms with Crippen molar-refractivity contribution in [1.82, 2.24) is 0 Å². The molecule has 0 spiro atoms. The van der Waals surface area contributed by atoms with Crippen molar-refractivity contribution < 1.29 is 17.4 Å². The van der Waals surface area contributed by atoms with E-state index in [1.54, 1.807) is 26.0 Å². The van der Waals surface area contributed by atoms with Crippen LogP contribution in [-0.2, 0) is 14.3 Å². The van der Waals surface area contributed by atoms with E-state index in [4.69, 9.17) is 4.18 Å². The highest BCUT2D eigenvalue weighted by atomic mass is 32.2. The second-order valence-electron chi connectivity index (χ2n) is 4.64. The summed E-state index contributed by atoms with van der Waals surface area (Å²) in [6.45, 7) is 5.32. The van der Waals surface area contributed by atoms with Gasteiger partial charge in [-0.05, 0) is 18.4 Å². The standard InChI is InChI=1S/C13H18O4S/c1-9(2)13(17-18(4,15)16)12(14)11-8-6-5-7-10(11)3/h5-9,13H,1-4H3. The van der Waals surface area contributed by atoms with Crippen LogP contribution in [0.4, 0.5) is 0 Å². The number of ketones is 1. The van der Waals surface area contributed by atoms with Gasteiger partial charge in [-0.1, -0.05) is 38.1 Å². The van der Waals surface area contributed by atoms with Crippen LogP contribution < -0.4 is 0 Å². The molecule has 0 saturated carbocycles. The molecule has 0 aliphatic rings. The molecule has 0 heterocycles. The van der Waals surface area contributed by atoms with Gasteiger partial charge in [-0.3, -0.25) is 8.98 Å². The van der Waals surface area contributed by atoms with Gasteiger partial charge in [-0.15, -0.1) is 0 Å². The van der Waals surface area contributed by atoms with Crippen LogP contribution in [0.25, 0.3) is 0 Å². The molecule has 0 aliphatic carbocycles. The summed E-state index contributed by atoms with van der Waals surface area (Å²) < 4.78 is 27.3. The molecule has 0 N–H and O–H groups in total. The Morgan fingerprint density at radius 1 is 1.22 bits per heavy atom. The van der Waals surface area contributed by atoms with E-state index in [2.05, 4.69) is 0 Å². The minimum atomic E-state index is -3.66. The van der Waals surface area contributed by atoms with Gasteiger partial charge >= 0.3 is 0 Å². The minimum absolute atomic E-state index is 0.216. The summed E-state index contributed by atoms with van der Waals surface area (Å²) in [5.74, 6) is -0.514. The van der Waals surface area contributed by atoms with Gasteiger partial charge in [0.15, 0.2) is 5.78 Å². The molecule has 4 nitrogen and oxygen atoms in total.